The number of ether oxygens (including phenoxy) is 1. The number of rotatable bonds is 4. The maximum absolute atomic E-state index is 11.5. The van der Waals surface area contributed by atoms with Gasteiger partial charge in [0.1, 0.15) is 0 Å². The number of Topliss-reactive ketones (excluding diaryl/α,β-unsaturated/α-hetero) is 1. The molecule has 0 atom stereocenters. The lowest BCUT2D eigenvalue weighted by molar-refractivity contribution is -0.140. The van der Waals surface area contributed by atoms with Crippen molar-refractivity contribution >= 4 is 11.8 Å². The topological polar surface area (TPSA) is 43.4 Å². The Hall–Kier alpha value is -1.64. The van der Waals surface area contributed by atoms with Crippen LogP contribution in [0.2, 0.25) is 0 Å². The summed E-state index contributed by atoms with van der Waals surface area (Å²) in [6, 6.07) is 7.34. The highest BCUT2D eigenvalue weighted by atomic mass is 16.5. The number of esters is 1. The Morgan fingerprint density at radius 3 is 2.33 bits per heavy atom. The first-order valence-electron chi connectivity index (χ1n) is 4.83. The van der Waals surface area contributed by atoms with E-state index >= 15 is 0 Å². The SMILES string of the molecule is CC(=O)OCCC(=O)c1ccc(C)cc1. The Bertz CT molecular complexity index is 352. The lowest BCUT2D eigenvalue weighted by Gasteiger charge is -2.02. The number of benzene rings is 1. The van der Waals surface area contributed by atoms with Crippen LogP contribution in [0.15, 0.2) is 24.3 Å². The van der Waals surface area contributed by atoms with E-state index in [1.165, 1.54) is 6.92 Å². The van der Waals surface area contributed by atoms with Crippen molar-refractivity contribution in [3.8, 4) is 0 Å². The van der Waals surface area contributed by atoms with E-state index in [1.807, 2.05) is 19.1 Å². The van der Waals surface area contributed by atoms with E-state index in [0.717, 1.165) is 5.56 Å². The predicted octanol–water partition coefficient (Wildman–Crippen LogP) is 2.13. The minimum Gasteiger partial charge on any atom is -0.465 e. The van der Waals surface area contributed by atoms with Crippen LogP contribution in [0.4, 0.5) is 0 Å². The standard InChI is InChI=1S/C12H14O3/c1-9-3-5-11(6-4-9)12(14)7-8-15-10(2)13/h3-6H,7-8H2,1-2H3. The molecule has 0 bridgehead atoms. The van der Waals surface area contributed by atoms with Crippen LogP contribution >= 0.6 is 0 Å². The monoisotopic (exact) mass is 206 g/mol. The molecule has 0 heterocycles. The third-order valence-corrected chi connectivity index (χ3v) is 2.01. The average molecular weight is 206 g/mol. The van der Waals surface area contributed by atoms with Crippen molar-refractivity contribution in [2.24, 2.45) is 0 Å². The lowest BCUT2D eigenvalue weighted by Crippen LogP contribution is -2.07. The summed E-state index contributed by atoms with van der Waals surface area (Å²) < 4.78 is 4.70. The van der Waals surface area contributed by atoms with Crippen molar-refractivity contribution in [2.75, 3.05) is 6.61 Å². The van der Waals surface area contributed by atoms with E-state index in [2.05, 4.69) is 0 Å². The second-order valence-electron chi connectivity index (χ2n) is 3.38. The quantitative estimate of drug-likeness (QED) is 0.560. The molecule has 3 nitrogen and oxygen atoms in total. The number of aryl methyl sites for hydroxylation is 1. The van der Waals surface area contributed by atoms with E-state index in [0.29, 0.717) is 5.56 Å². The Morgan fingerprint density at radius 2 is 1.80 bits per heavy atom. The van der Waals surface area contributed by atoms with Gasteiger partial charge < -0.3 is 4.74 Å². The average Bonchev–Trinajstić information content (AvgIpc) is 2.18. The maximum atomic E-state index is 11.5. The minimum atomic E-state index is -0.355. The highest BCUT2D eigenvalue weighted by molar-refractivity contribution is 5.96. The molecule has 1 aromatic rings. The molecule has 1 rings (SSSR count). The Kier molecular flexibility index (Phi) is 4.03. The van der Waals surface area contributed by atoms with Crippen LogP contribution in [-0.4, -0.2) is 18.4 Å². The molecule has 0 radical (unpaired) electrons. The number of ketones is 1. The number of hydrogen-bond acceptors (Lipinski definition) is 3. The molecule has 0 amide bonds. The summed E-state index contributed by atoms with van der Waals surface area (Å²) in [4.78, 5) is 22.0. The van der Waals surface area contributed by atoms with Gasteiger partial charge in [-0.1, -0.05) is 29.8 Å². The fourth-order valence-corrected chi connectivity index (χ4v) is 1.17. The first-order chi connectivity index (χ1) is 7.09. The molecule has 0 fully saturated rings. The van der Waals surface area contributed by atoms with Crippen LogP contribution in [0, 0.1) is 6.92 Å². The Labute approximate surface area is 89.1 Å². The van der Waals surface area contributed by atoms with Crippen molar-refractivity contribution in [2.45, 2.75) is 20.3 Å². The fraction of sp³-hybridized carbons (Fsp3) is 0.333. The van der Waals surface area contributed by atoms with Gasteiger partial charge in [-0.2, -0.15) is 0 Å². The zero-order chi connectivity index (χ0) is 11.3. The van der Waals surface area contributed by atoms with Crippen molar-refractivity contribution in [3.05, 3.63) is 35.4 Å². The van der Waals surface area contributed by atoms with Gasteiger partial charge in [-0.25, -0.2) is 0 Å². The van der Waals surface area contributed by atoms with Gasteiger partial charge >= 0.3 is 5.97 Å². The summed E-state index contributed by atoms with van der Waals surface area (Å²) >= 11 is 0. The second-order valence-corrected chi connectivity index (χ2v) is 3.38. The molecule has 15 heavy (non-hydrogen) atoms. The molecular weight excluding hydrogens is 192 g/mol. The van der Waals surface area contributed by atoms with Crippen LogP contribution < -0.4 is 0 Å². The number of hydrogen-bond donors (Lipinski definition) is 0. The zero-order valence-electron chi connectivity index (χ0n) is 8.95. The van der Waals surface area contributed by atoms with Crippen molar-refractivity contribution in [1.82, 2.24) is 0 Å². The zero-order valence-corrected chi connectivity index (χ0v) is 8.95. The molecule has 0 saturated carbocycles. The highest BCUT2D eigenvalue weighted by Crippen LogP contribution is 2.06. The fourth-order valence-electron chi connectivity index (χ4n) is 1.17. The molecule has 0 aliphatic rings. The summed E-state index contributed by atoms with van der Waals surface area (Å²) in [5, 5.41) is 0. The van der Waals surface area contributed by atoms with Gasteiger partial charge in [0.05, 0.1) is 6.61 Å². The van der Waals surface area contributed by atoms with E-state index in [-0.39, 0.29) is 24.8 Å². The van der Waals surface area contributed by atoms with Gasteiger partial charge in [0.15, 0.2) is 5.78 Å². The third-order valence-electron chi connectivity index (χ3n) is 2.01. The van der Waals surface area contributed by atoms with E-state index in [4.69, 9.17) is 4.74 Å². The van der Waals surface area contributed by atoms with Crippen molar-refractivity contribution in [3.63, 3.8) is 0 Å². The summed E-state index contributed by atoms with van der Waals surface area (Å²) in [6.45, 7) is 3.45. The first kappa shape index (κ1) is 11.4. The molecular formula is C12H14O3. The number of carbonyl (C=O) groups excluding carboxylic acids is 2. The van der Waals surface area contributed by atoms with Gasteiger partial charge in [-0.05, 0) is 6.92 Å². The van der Waals surface area contributed by atoms with Crippen LogP contribution in [0.1, 0.15) is 29.3 Å². The van der Waals surface area contributed by atoms with Gasteiger partial charge in [0.2, 0.25) is 0 Å². The highest BCUT2D eigenvalue weighted by Gasteiger charge is 2.05. The third kappa shape index (κ3) is 3.94. The lowest BCUT2D eigenvalue weighted by atomic mass is 10.1. The van der Waals surface area contributed by atoms with Crippen LogP contribution in [0.3, 0.4) is 0 Å². The summed E-state index contributed by atoms with van der Waals surface area (Å²) in [6.07, 6.45) is 0.239. The van der Waals surface area contributed by atoms with Crippen LogP contribution in [0.5, 0.6) is 0 Å². The van der Waals surface area contributed by atoms with Crippen LogP contribution in [0.25, 0.3) is 0 Å². The second kappa shape index (κ2) is 5.29. The molecule has 3 heteroatoms. The minimum absolute atomic E-state index is 0.00347. The van der Waals surface area contributed by atoms with E-state index < -0.39 is 0 Å². The first-order valence-corrected chi connectivity index (χ1v) is 4.83. The molecule has 0 aromatic heterocycles. The number of carbonyl (C=O) groups is 2. The van der Waals surface area contributed by atoms with Crippen molar-refractivity contribution < 1.29 is 14.3 Å². The molecule has 0 unspecified atom stereocenters. The largest absolute Gasteiger partial charge is 0.465 e. The molecule has 1 aromatic carbocycles. The Balaban J connectivity index is 2.47. The molecule has 0 N–H and O–H groups in total. The summed E-state index contributed by atoms with van der Waals surface area (Å²) in [5.41, 5.74) is 1.78. The predicted molar refractivity (Wildman–Crippen MR) is 56.8 cm³/mol. The molecule has 0 spiro atoms. The molecule has 0 saturated heterocycles. The van der Waals surface area contributed by atoms with Crippen LogP contribution in [-0.2, 0) is 9.53 Å². The molecule has 80 valence electrons. The normalized spacial score (nSPS) is 9.73. The summed E-state index contributed by atoms with van der Waals surface area (Å²) in [7, 11) is 0. The van der Waals surface area contributed by atoms with Gasteiger partial charge in [-0.15, -0.1) is 0 Å². The molecule has 0 aliphatic carbocycles. The van der Waals surface area contributed by atoms with Gasteiger partial charge in [0, 0.05) is 18.9 Å². The maximum Gasteiger partial charge on any atom is 0.302 e. The van der Waals surface area contributed by atoms with Gasteiger partial charge in [0.25, 0.3) is 0 Å². The molecule has 0 aliphatic heterocycles. The smallest absolute Gasteiger partial charge is 0.302 e. The van der Waals surface area contributed by atoms with Gasteiger partial charge in [-0.3, -0.25) is 9.59 Å². The Morgan fingerprint density at radius 1 is 1.20 bits per heavy atom. The van der Waals surface area contributed by atoms with Crippen molar-refractivity contribution in [1.29, 1.82) is 0 Å². The van der Waals surface area contributed by atoms with E-state index in [1.54, 1.807) is 12.1 Å². The van der Waals surface area contributed by atoms with E-state index in [9.17, 15) is 9.59 Å². The summed E-state index contributed by atoms with van der Waals surface area (Å²) in [5.74, 6) is -0.358.